The summed E-state index contributed by atoms with van der Waals surface area (Å²) in [6.07, 6.45) is 2.05. The summed E-state index contributed by atoms with van der Waals surface area (Å²) in [4.78, 5) is 14.0. The van der Waals surface area contributed by atoms with Crippen molar-refractivity contribution in [2.24, 2.45) is 0 Å². The van der Waals surface area contributed by atoms with Crippen LogP contribution in [0.4, 0.5) is 0 Å². The lowest BCUT2D eigenvalue weighted by Gasteiger charge is -2.21. The zero-order valence-corrected chi connectivity index (χ0v) is 10.9. The average molecular weight is 300 g/mol. The summed E-state index contributed by atoms with van der Waals surface area (Å²) in [6.45, 7) is 0.629. The second-order valence-electron chi connectivity index (χ2n) is 4.12. The Kier molecular flexibility index (Phi) is 3.57. The van der Waals surface area contributed by atoms with Crippen LogP contribution in [0.5, 0.6) is 11.5 Å². The van der Waals surface area contributed by atoms with Crippen molar-refractivity contribution < 1.29 is 15.0 Å². The summed E-state index contributed by atoms with van der Waals surface area (Å²) in [6, 6.07) is 4.35. The molecule has 0 radical (unpaired) electrons. The first-order valence-corrected chi connectivity index (χ1v) is 6.64. The summed E-state index contributed by atoms with van der Waals surface area (Å²) in [7, 11) is 0. The van der Waals surface area contributed by atoms with Crippen molar-refractivity contribution in [1.29, 1.82) is 0 Å². The molecule has 0 heterocycles. The number of hydrogen-bond acceptors (Lipinski definition) is 3. The van der Waals surface area contributed by atoms with E-state index in [1.165, 1.54) is 18.2 Å². The number of benzene rings is 1. The Morgan fingerprint density at radius 1 is 1.41 bits per heavy atom. The number of phenols is 2. The highest BCUT2D eigenvalue weighted by Gasteiger charge is 2.33. The number of halogens is 1. The van der Waals surface area contributed by atoms with Crippen molar-refractivity contribution >= 4 is 21.8 Å². The number of phenolic OH excluding ortho intramolecular Hbond substituents is 2. The van der Waals surface area contributed by atoms with Crippen molar-refractivity contribution in [2.75, 3.05) is 11.9 Å². The molecule has 0 spiro atoms. The Labute approximate surface area is 108 Å². The van der Waals surface area contributed by atoms with Crippen LogP contribution in [0.2, 0.25) is 0 Å². The van der Waals surface area contributed by atoms with Crippen molar-refractivity contribution in [3.63, 3.8) is 0 Å². The number of aromatic hydroxyl groups is 2. The molecule has 1 aliphatic rings. The van der Waals surface area contributed by atoms with Gasteiger partial charge in [-0.05, 0) is 25.0 Å². The van der Waals surface area contributed by atoms with E-state index in [-0.39, 0.29) is 23.0 Å². The fourth-order valence-corrected chi connectivity index (χ4v) is 2.16. The van der Waals surface area contributed by atoms with Crippen LogP contribution in [0.1, 0.15) is 23.2 Å². The summed E-state index contributed by atoms with van der Waals surface area (Å²) in [5.41, 5.74) is 0.246. The van der Waals surface area contributed by atoms with E-state index in [2.05, 4.69) is 15.9 Å². The minimum Gasteiger partial charge on any atom is -0.508 e. The molecule has 0 saturated heterocycles. The van der Waals surface area contributed by atoms with Crippen LogP contribution in [0.3, 0.4) is 0 Å². The van der Waals surface area contributed by atoms with Gasteiger partial charge in [-0.1, -0.05) is 15.9 Å². The van der Waals surface area contributed by atoms with Crippen LogP contribution in [-0.2, 0) is 0 Å². The minimum atomic E-state index is -0.176. The van der Waals surface area contributed by atoms with Gasteiger partial charge in [0, 0.05) is 24.0 Å². The first-order valence-electron chi connectivity index (χ1n) is 5.52. The van der Waals surface area contributed by atoms with Gasteiger partial charge in [-0.2, -0.15) is 0 Å². The maximum Gasteiger partial charge on any atom is 0.257 e. The van der Waals surface area contributed by atoms with Gasteiger partial charge in [0.2, 0.25) is 0 Å². The Bertz CT molecular complexity index is 432. The third-order valence-corrected chi connectivity index (χ3v) is 3.14. The van der Waals surface area contributed by atoms with Crippen molar-refractivity contribution in [3.05, 3.63) is 23.8 Å². The maximum absolute atomic E-state index is 12.2. The van der Waals surface area contributed by atoms with Gasteiger partial charge in [0.05, 0.1) is 5.56 Å². The van der Waals surface area contributed by atoms with E-state index in [0.29, 0.717) is 17.9 Å². The molecule has 1 aliphatic carbocycles. The molecule has 0 bridgehead atoms. The Morgan fingerprint density at radius 3 is 2.65 bits per heavy atom. The van der Waals surface area contributed by atoms with E-state index in [4.69, 9.17) is 0 Å². The first kappa shape index (κ1) is 12.2. The summed E-state index contributed by atoms with van der Waals surface area (Å²) in [5.74, 6) is -0.391. The Balaban J connectivity index is 2.22. The highest BCUT2D eigenvalue weighted by atomic mass is 79.9. The van der Waals surface area contributed by atoms with E-state index < -0.39 is 0 Å². The van der Waals surface area contributed by atoms with Crippen molar-refractivity contribution in [2.45, 2.75) is 18.9 Å². The van der Waals surface area contributed by atoms with Crippen LogP contribution in [-0.4, -0.2) is 38.9 Å². The molecule has 2 rings (SSSR count). The van der Waals surface area contributed by atoms with E-state index in [1.54, 1.807) is 4.90 Å². The third kappa shape index (κ3) is 2.72. The predicted molar refractivity (Wildman–Crippen MR) is 67.6 cm³/mol. The molecular weight excluding hydrogens is 286 g/mol. The molecule has 4 nitrogen and oxygen atoms in total. The lowest BCUT2D eigenvalue weighted by atomic mass is 10.1. The SMILES string of the molecule is O=C(c1ccc(O)cc1O)N(CCBr)C1CC1. The highest BCUT2D eigenvalue weighted by Crippen LogP contribution is 2.31. The van der Waals surface area contributed by atoms with Crippen LogP contribution in [0.15, 0.2) is 18.2 Å². The number of nitrogens with zero attached hydrogens (tertiary/aromatic N) is 1. The zero-order valence-electron chi connectivity index (χ0n) is 9.27. The molecule has 2 N–H and O–H groups in total. The molecule has 1 fully saturated rings. The number of alkyl halides is 1. The molecule has 1 saturated carbocycles. The van der Waals surface area contributed by atoms with Gasteiger partial charge >= 0.3 is 0 Å². The molecule has 1 amide bonds. The molecule has 5 heteroatoms. The quantitative estimate of drug-likeness (QED) is 0.837. The minimum absolute atomic E-state index is 0.0440. The summed E-state index contributed by atoms with van der Waals surface area (Å²) >= 11 is 3.32. The summed E-state index contributed by atoms with van der Waals surface area (Å²) in [5, 5.41) is 19.6. The summed E-state index contributed by atoms with van der Waals surface area (Å²) < 4.78 is 0. The molecule has 1 aromatic rings. The Hall–Kier alpha value is -1.23. The fraction of sp³-hybridized carbons (Fsp3) is 0.417. The number of rotatable bonds is 4. The molecule has 0 aliphatic heterocycles. The smallest absolute Gasteiger partial charge is 0.257 e. The average Bonchev–Trinajstić information content (AvgIpc) is 3.09. The maximum atomic E-state index is 12.2. The standard InChI is InChI=1S/C12H14BrNO3/c13-5-6-14(8-1-2-8)12(17)10-4-3-9(15)7-11(10)16/h3-4,7-8,15-16H,1-2,5-6H2. The molecular formula is C12H14BrNO3. The van der Waals surface area contributed by atoms with E-state index in [1.807, 2.05) is 0 Å². The molecule has 92 valence electrons. The van der Waals surface area contributed by atoms with Crippen molar-refractivity contribution in [3.8, 4) is 11.5 Å². The van der Waals surface area contributed by atoms with Gasteiger partial charge in [0.25, 0.3) is 5.91 Å². The van der Waals surface area contributed by atoms with Gasteiger partial charge in [-0.15, -0.1) is 0 Å². The highest BCUT2D eigenvalue weighted by molar-refractivity contribution is 9.09. The van der Waals surface area contributed by atoms with Gasteiger partial charge in [-0.3, -0.25) is 4.79 Å². The molecule has 0 aromatic heterocycles. The lowest BCUT2D eigenvalue weighted by Crippen LogP contribution is -2.34. The second kappa shape index (κ2) is 4.96. The van der Waals surface area contributed by atoms with E-state index in [0.717, 1.165) is 12.8 Å². The van der Waals surface area contributed by atoms with E-state index in [9.17, 15) is 15.0 Å². The number of carbonyl (C=O) groups is 1. The first-order chi connectivity index (χ1) is 8.13. The molecule has 0 atom stereocenters. The fourth-order valence-electron chi connectivity index (χ4n) is 1.78. The monoisotopic (exact) mass is 299 g/mol. The topological polar surface area (TPSA) is 60.8 Å². The molecule has 0 unspecified atom stereocenters. The van der Waals surface area contributed by atoms with Gasteiger partial charge in [0.15, 0.2) is 0 Å². The van der Waals surface area contributed by atoms with Gasteiger partial charge < -0.3 is 15.1 Å². The van der Waals surface area contributed by atoms with Crippen LogP contribution in [0, 0.1) is 0 Å². The normalized spacial score (nSPS) is 14.6. The van der Waals surface area contributed by atoms with Gasteiger partial charge in [0.1, 0.15) is 11.5 Å². The van der Waals surface area contributed by atoms with Crippen molar-refractivity contribution in [1.82, 2.24) is 4.90 Å². The largest absolute Gasteiger partial charge is 0.508 e. The zero-order chi connectivity index (χ0) is 12.4. The van der Waals surface area contributed by atoms with E-state index >= 15 is 0 Å². The second-order valence-corrected chi connectivity index (χ2v) is 4.91. The Morgan fingerprint density at radius 2 is 2.12 bits per heavy atom. The van der Waals surface area contributed by atoms with Crippen LogP contribution >= 0.6 is 15.9 Å². The van der Waals surface area contributed by atoms with Crippen LogP contribution in [0.25, 0.3) is 0 Å². The third-order valence-electron chi connectivity index (χ3n) is 2.79. The molecule has 17 heavy (non-hydrogen) atoms. The lowest BCUT2D eigenvalue weighted by molar-refractivity contribution is 0.0751. The molecule has 1 aromatic carbocycles. The van der Waals surface area contributed by atoms with Crippen LogP contribution < -0.4 is 0 Å². The number of carbonyl (C=O) groups excluding carboxylic acids is 1. The predicted octanol–water partition coefficient (Wildman–Crippen LogP) is 2.10. The number of hydrogen-bond donors (Lipinski definition) is 2. The van der Waals surface area contributed by atoms with Gasteiger partial charge in [-0.25, -0.2) is 0 Å². The number of amides is 1.